The molecule has 1 N–H and O–H groups in total. The summed E-state index contributed by atoms with van der Waals surface area (Å²) in [5.74, 6) is 2.55. The second-order valence-corrected chi connectivity index (χ2v) is 30.7. The van der Waals surface area contributed by atoms with Gasteiger partial charge in [-0.1, -0.05) is 56.2 Å². The molecule has 8 aliphatic rings. The molecule has 7 aliphatic heterocycles. The van der Waals surface area contributed by atoms with Crippen molar-refractivity contribution in [1.29, 1.82) is 10.5 Å². The van der Waals surface area contributed by atoms with E-state index in [1.807, 2.05) is 85.6 Å². The fourth-order valence-corrected chi connectivity index (χ4v) is 18.0. The van der Waals surface area contributed by atoms with Gasteiger partial charge in [-0.3, -0.25) is 13.7 Å². The molecule has 2 spiro atoms. The molecule has 18 heteroatoms. The third-order valence-electron chi connectivity index (χ3n) is 23.0. The molecule has 1 saturated carbocycles. The van der Waals surface area contributed by atoms with Crippen LogP contribution in [0.3, 0.4) is 0 Å². The Hall–Kier alpha value is -11.1. The Morgan fingerprint density at radius 2 is 1.04 bits per heavy atom. The summed E-state index contributed by atoms with van der Waals surface area (Å²) in [7, 11) is 4.32. The van der Waals surface area contributed by atoms with E-state index in [4.69, 9.17) is 15.5 Å². The van der Waals surface area contributed by atoms with E-state index in [0.717, 1.165) is 145 Å². The summed E-state index contributed by atoms with van der Waals surface area (Å²) >= 11 is 0. The smallest absolute Gasteiger partial charge is 0.185 e. The first-order chi connectivity index (χ1) is 49.7. The van der Waals surface area contributed by atoms with Gasteiger partial charge in [-0.2, -0.15) is 10.5 Å². The van der Waals surface area contributed by atoms with Gasteiger partial charge in [-0.25, -0.2) is 14.4 Å². The van der Waals surface area contributed by atoms with Crippen LogP contribution in [0.2, 0.25) is 0 Å². The second kappa shape index (κ2) is 24.9. The fraction of sp³-hybridized carbons (Fsp3) is 0.310. The summed E-state index contributed by atoms with van der Waals surface area (Å²) in [5.41, 5.74) is 25.0. The van der Waals surface area contributed by atoms with Gasteiger partial charge in [0.25, 0.3) is 0 Å². The maximum atomic E-state index is 13.4. The molecule has 12 aromatic rings. The number of hydrogen-bond donors (Lipinski definition) is 1. The number of rotatable bonds is 8. The number of benzene rings is 6. The zero-order valence-electron chi connectivity index (χ0n) is 58.4. The maximum Gasteiger partial charge on any atom is 0.185 e. The molecule has 6 aromatic heterocycles. The van der Waals surface area contributed by atoms with Gasteiger partial charge in [-0.15, -0.1) is 10.2 Å². The summed E-state index contributed by atoms with van der Waals surface area (Å²) in [6, 6.07) is 53.9. The molecule has 102 heavy (non-hydrogen) atoms. The highest BCUT2D eigenvalue weighted by Crippen LogP contribution is 2.49. The van der Waals surface area contributed by atoms with Crippen molar-refractivity contribution in [3.8, 4) is 97.1 Å². The van der Waals surface area contributed by atoms with E-state index < -0.39 is 0 Å². The topological polar surface area (TPSA) is 154 Å². The minimum absolute atomic E-state index is 0.215. The third kappa shape index (κ3) is 11.4. The largest absolute Gasteiger partial charge is 0.371 e. The van der Waals surface area contributed by atoms with Crippen LogP contribution in [0.5, 0.6) is 0 Å². The lowest BCUT2D eigenvalue weighted by molar-refractivity contribution is 0.157. The maximum absolute atomic E-state index is 13.4. The number of anilines is 3. The minimum atomic E-state index is -0.215. The van der Waals surface area contributed by atoms with Crippen LogP contribution in [0.25, 0.3) is 85.0 Å². The summed E-state index contributed by atoms with van der Waals surface area (Å²) in [6.07, 6.45) is 23.7. The number of hydrogen-bond acceptors (Lipinski definition) is 11. The number of aromatic nitrogens is 10. The number of fused-ring (bicyclic) bond motifs is 15. The molecule has 1 atom stereocenters. The van der Waals surface area contributed by atoms with Crippen LogP contribution in [0, 0.1) is 51.6 Å². The lowest BCUT2D eigenvalue weighted by Crippen LogP contribution is -2.62. The Labute approximate surface area is 594 Å². The molecular weight excluding hydrogens is 1270 g/mol. The quantitative estimate of drug-likeness (QED) is 0.155. The number of nitrogens with zero attached hydrogens (tertiary/aromatic N) is 16. The Kier molecular flexibility index (Phi) is 15.4. The molecule has 0 amide bonds. The highest BCUT2D eigenvalue weighted by molar-refractivity contribution is 5.76. The second-order valence-electron chi connectivity index (χ2n) is 30.7. The molecule has 6 aromatic carbocycles. The van der Waals surface area contributed by atoms with Crippen molar-refractivity contribution >= 4 is 17.1 Å². The summed E-state index contributed by atoms with van der Waals surface area (Å²) < 4.78 is 26.9. The highest BCUT2D eigenvalue weighted by Gasteiger charge is 2.46. The number of halogens is 1. The molecule has 0 bridgehead atoms. The van der Waals surface area contributed by atoms with Crippen molar-refractivity contribution in [3.05, 3.63) is 228 Å². The van der Waals surface area contributed by atoms with E-state index in [2.05, 4.69) is 199 Å². The molecular formula is C84H82FN17. The van der Waals surface area contributed by atoms with Gasteiger partial charge >= 0.3 is 0 Å². The predicted octanol–water partition coefficient (Wildman–Crippen LogP) is 15.0. The average molecular weight is 1350 g/mol. The lowest BCUT2D eigenvalue weighted by atomic mass is 9.74. The zero-order valence-corrected chi connectivity index (χ0v) is 58.4. The van der Waals surface area contributed by atoms with Crippen LogP contribution in [0.15, 0.2) is 189 Å². The van der Waals surface area contributed by atoms with Crippen LogP contribution < -0.4 is 20.0 Å². The van der Waals surface area contributed by atoms with Crippen molar-refractivity contribution in [1.82, 2.24) is 57.8 Å². The molecule has 0 radical (unpaired) electrons. The van der Waals surface area contributed by atoms with Crippen molar-refractivity contribution in [2.45, 2.75) is 78.4 Å². The normalized spacial score (nSPS) is 18.1. The first-order valence-electron chi connectivity index (χ1n) is 36.1. The van der Waals surface area contributed by atoms with Gasteiger partial charge in [0.2, 0.25) is 0 Å². The Bertz CT molecular complexity index is 5260. The zero-order chi connectivity index (χ0) is 69.0. The van der Waals surface area contributed by atoms with E-state index in [9.17, 15) is 4.39 Å². The highest BCUT2D eigenvalue weighted by atomic mass is 19.1. The summed E-state index contributed by atoms with van der Waals surface area (Å²) in [5, 5.41) is 30.6. The number of nitriles is 2. The number of aryl methyl sites for hydroxylation is 1. The molecule has 17 nitrogen and oxygen atoms in total. The van der Waals surface area contributed by atoms with Gasteiger partial charge in [-0.05, 0) is 208 Å². The number of nitrogens with one attached hydrogen (secondary N) is 1. The van der Waals surface area contributed by atoms with Crippen molar-refractivity contribution in [2.24, 2.45) is 16.2 Å². The molecule has 5 fully saturated rings. The van der Waals surface area contributed by atoms with Gasteiger partial charge in [0.15, 0.2) is 17.5 Å². The number of piperidine rings is 1. The molecule has 20 rings (SSSR count). The first kappa shape index (κ1) is 63.1. The van der Waals surface area contributed by atoms with E-state index in [1.54, 1.807) is 0 Å². The minimum Gasteiger partial charge on any atom is -0.371 e. The van der Waals surface area contributed by atoms with Crippen LogP contribution in [-0.2, 0) is 19.6 Å². The predicted molar refractivity (Wildman–Crippen MR) is 400 cm³/mol. The Balaban J connectivity index is 0.000000110. The van der Waals surface area contributed by atoms with E-state index >= 15 is 0 Å². The van der Waals surface area contributed by atoms with Gasteiger partial charge in [0.05, 0.1) is 57.4 Å². The monoisotopic (exact) mass is 1350 g/mol. The summed E-state index contributed by atoms with van der Waals surface area (Å²) in [6.45, 7) is 17.1. The van der Waals surface area contributed by atoms with Crippen molar-refractivity contribution in [3.63, 3.8) is 0 Å². The Morgan fingerprint density at radius 1 is 0.529 bits per heavy atom. The molecule has 1 unspecified atom stereocenters. The van der Waals surface area contributed by atoms with Gasteiger partial charge in [0, 0.05) is 159 Å². The van der Waals surface area contributed by atoms with Gasteiger partial charge < -0.3 is 38.6 Å². The van der Waals surface area contributed by atoms with Crippen molar-refractivity contribution in [2.75, 3.05) is 87.7 Å². The SMILES string of the molecule is CN(C)CC1(C)CCN(c2ccc3c(c2)Cn2cc(-c4ccc(C#N)cc4)cc2-c2nncn2-3)C1.Cc1cnc2n1-c1ccc(N3CC4(CCCC4)C3)cc1Cn1cc(-c3ccc(C#N)cc3)cc1-2.Fc1ccc(-c2cc3n(c2)Cc2cc(N4CC5(CCCNC5)C4)ccc2-n2ccnc2-3)cc1. The third-order valence-corrected chi connectivity index (χ3v) is 23.0. The number of imidazole rings is 2. The fourth-order valence-electron chi connectivity index (χ4n) is 18.0. The molecule has 4 saturated heterocycles. The lowest BCUT2D eigenvalue weighted by Gasteiger charge is -2.53. The van der Waals surface area contributed by atoms with Crippen LogP contribution >= 0.6 is 0 Å². The van der Waals surface area contributed by atoms with E-state index in [0.29, 0.717) is 27.4 Å². The van der Waals surface area contributed by atoms with E-state index in [1.165, 1.54) is 115 Å². The molecule has 510 valence electrons. The molecule has 13 heterocycles. The van der Waals surface area contributed by atoms with Crippen LogP contribution in [0.4, 0.5) is 21.5 Å². The summed E-state index contributed by atoms with van der Waals surface area (Å²) in [4.78, 5) is 19.4. The van der Waals surface area contributed by atoms with E-state index in [-0.39, 0.29) is 5.82 Å². The molecule has 1 aliphatic carbocycles. The standard InChI is InChI=1S/C29H27N5.C28H29N7.C27H26FN5/c1-20-15-31-28-27-13-23(22-6-4-21(14-30)5-7-22)16-32(27)17-24-12-25(8-9-26(24)34(20)28)33-18-29(19-33)10-2-3-11-29;1-28(17-32(2)3)10-11-33(18-28)24-8-9-25-23(12-24)16-34-15-22(21-6-4-20(14-29)5-7-21)13-26(34)27-31-30-19-35(25)27;28-22-4-2-19(3-5-22)20-13-25-26-30-10-11-33(26)24-7-6-23(12-21(24)15-31(25)14-20)32-17-27(18-32)8-1-9-29-16-27/h4-9,12-13,15-16H,2-3,10-11,17-19H2,1H3;4-9,12-13,15,19H,10-11,16-18H2,1-3H3;2-7,10-14,29H,1,8-9,15-18H2. The Morgan fingerprint density at radius 3 is 1.60 bits per heavy atom. The first-order valence-corrected chi connectivity index (χ1v) is 36.1. The van der Waals surface area contributed by atoms with Crippen LogP contribution in [0.1, 0.15) is 85.4 Å². The van der Waals surface area contributed by atoms with Crippen molar-refractivity contribution < 1.29 is 4.39 Å². The average Bonchev–Trinajstić information content (AvgIpc) is 1.56. The van der Waals surface area contributed by atoms with Crippen LogP contribution in [-0.4, -0.2) is 125 Å². The van der Waals surface area contributed by atoms with Gasteiger partial charge in [0.1, 0.15) is 12.1 Å².